The maximum absolute atomic E-state index is 4.53. The van der Waals surface area contributed by atoms with Crippen molar-refractivity contribution in [2.24, 2.45) is 5.10 Å². The molecule has 0 saturated heterocycles. The summed E-state index contributed by atoms with van der Waals surface area (Å²) in [6, 6.07) is 12.4. The van der Waals surface area contributed by atoms with Gasteiger partial charge < -0.3 is 0 Å². The van der Waals surface area contributed by atoms with E-state index in [0.717, 1.165) is 16.6 Å². The molecule has 3 rings (SSSR count). The first kappa shape index (κ1) is 12.6. The van der Waals surface area contributed by atoms with Crippen molar-refractivity contribution >= 4 is 17.2 Å². The summed E-state index contributed by atoms with van der Waals surface area (Å²) >= 11 is 0. The Morgan fingerprint density at radius 2 is 1.75 bits per heavy atom. The number of para-hydroxylation sites is 2. The van der Waals surface area contributed by atoms with Crippen LogP contribution in [0.3, 0.4) is 0 Å². The maximum Gasteiger partial charge on any atom is 0.118 e. The first-order valence-corrected chi connectivity index (χ1v) is 6.69. The van der Waals surface area contributed by atoms with Gasteiger partial charge in [-0.3, -0.25) is 0 Å². The van der Waals surface area contributed by atoms with E-state index in [-0.39, 0.29) is 0 Å². The molecule has 0 atom stereocenters. The Morgan fingerprint density at radius 3 is 2.60 bits per heavy atom. The van der Waals surface area contributed by atoms with E-state index in [4.69, 9.17) is 0 Å². The summed E-state index contributed by atoms with van der Waals surface area (Å²) < 4.78 is 1.81. The summed E-state index contributed by atoms with van der Waals surface area (Å²) in [5.41, 5.74) is 6.96. The third-order valence-corrected chi connectivity index (χ3v) is 3.64. The largest absolute Gasteiger partial charge is 0.235 e. The average Bonchev–Trinajstić information content (AvgIpc) is 2.85. The van der Waals surface area contributed by atoms with Crippen molar-refractivity contribution in [3.05, 3.63) is 65.0 Å². The molecule has 0 aliphatic carbocycles. The summed E-state index contributed by atoms with van der Waals surface area (Å²) in [5, 5.41) is 4.53. The number of imidazole rings is 1. The van der Waals surface area contributed by atoms with Gasteiger partial charge in [-0.1, -0.05) is 18.2 Å². The van der Waals surface area contributed by atoms with Crippen molar-refractivity contribution in [3.63, 3.8) is 0 Å². The molecule has 20 heavy (non-hydrogen) atoms. The normalized spacial score (nSPS) is 11.6. The zero-order valence-electron chi connectivity index (χ0n) is 12.0. The number of aromatic nitrogens is 2. The lowest BCUT2D eigenvalue weighted by molar-refractivity contribution is 0.914. The molecule has 0 radical (unpaired) electrons. The second-order valence-electron chi connectivity index (χ2n) is 5.12. The van der Waals surface area contributed by atoms with Crippen LogP contribution in [-0.4, -0.2) is 15.9 Å². The molecule has 3 nitrogen and oxygen atoms in total. The molecular formula is C17H17N3. The van der Waals surface area contributed by atoms with Gasteiger partial charge in [0.1, 0.15) is 6.33 Å². The SMILES string of the molecule is Cc1cc(C)c(/C=N\n2cnc3ccccc32)cc1C. The van der Waals surface area contributed by atoms with E-state index in [1.165, 1.54) is 16.7 Å². The van der Waals surface area contributed by atoms with Crippen LogP contribution in [0, 0.1) is 20.8 Å². The van der Waals surface area contributed by atoms with Crippen LogP contribution in [0.5, 0.6) is 0 Å². The quantitative estimate of drug-likeness (QED) is 0.646. The van der Waals surface area contributed by atoms with Crippen molar-refractivity contribution in [3.8, 4) is 0 Å². The average molecular weight is 263 g/mol. The molecule has 3 heteroatoms. The molecule has 0 amide bonds. The molecular weight excluding hydrogens is 246 g/mol. The van der Waals surface area contributed by atoms with Gasteiger partial charge >= 0.3 is 0 Å². The number of nitrogens with zero attached hydrogens (tertiary/aromatic N) is 3. The number of benzene rings is 2. The topological polar surface area (TPSA) is 30.2 Å². The van der Waals surface area contributed by atoms with Crippen LogP contribution in [0.2, 0.25) is 0 Å². The third-order valence-electron chi connectivity index (χ3n) is 3.64. The smallest absolute Gasteiger partial charge is 0.118 e. The molecule has 0 saturated carbocycles. The van der Waals surface area contributed by atoms with Crippen LogP contribution in [0.15, 0.2) is 47.8 Å². The summed E-state index contributed by atoms with van der Waals surface area (Å²) in [4.78, 5) is 4.33. The standard InChI is InChI=1S/C17H17N3/c1-12-8-14(3)15(9-13(12)2)10-19-20-11-18-16-6-4-5-7-17(16)20/h4-11H,1-3H3/b19-10-. The van der Waals surface area contributed by atoms with Crippen LogP contribution in [-0.2, 0) is 0 Å². The van der Waals surface area contributed by atoms with Crippen molar-refractivity contribution in [1.29, 1.82) is 0 Å². The molecule has 1 heterocycles. The fraction of sp³-hybridized carbons (Fsp3) is 0.176. The van der Waals surface area contributed by atoms with Crippen LogP contribution in [0.1, 0.15) is 22.3 Å². The highest BCUT2D eigenvalue weighted by Crippen LogP contribution is 2.15. The van der Waals surface area contributed by atoms with Gasteiger partial charge in [0.15, 0.2) is 0 Å². The molecule has 0 aliphatic rings. The summed E-state index contributed by atoms with van der Waals surface area (Å²) in [7, 11) is 0. The monoisotopic (exact) mass is 263 g/mol. The maximum atomic E-state index is 4.53. The Labute approximate surface area is 118 Å². The fourth-order valence-electron chi connectivity index (χ4n) is 2.28. The molecule has 100 valence electrons. The highest BCUT2D eigenvalue weighted by Gasteiger charge is 2.01. The van der Waals surface area contributed by atoms with E-state index >= 15 is 0 Å². The fourth-order valence-corrected chi connectivity index (χ4v) is 2.28. The van der Waals surface area contributed by atoms with Crippen LogP contribution in [0.25, 0.3) is 11.0 Å². The first-order chi connectivity index (χ1) is 9.65. The lowest BCUT2D eigenvalue weighted by Crippen LogP contribution is -1.94. The molecule has 0 spiro atoms. The van der Waals surface area contributed by atoms with Crippen LogP contribution < -0.4 is 0 Å². The molecule has 0 fully saturated rings. The van der Waals surface area contributed by atoms with Crippen molar-refractivity contribution in [1.82, 2.24) is 9.66 Å². The Kier molecular flexibility index (Phi) is 3.11. The van der Waals surface area contributed by atoms with Gasteiger partial charge in [-0.2, -0.15) is 5.10 Å². The van der Waals surface area contributed by atoms with Crippen LogP contribution >= 0.6 is 0 Å². The van der Waals surface area contributed by atoms with E-state index < -0.39 is 0 Å². The van der Waals surface area contributed by atoms with E-state index in [9.17, 15) is 0 Å². The van der Waals surface area contributed by atoms with Gasteiger partial charge in [0, 0.05) is 0 Å². The lowest BCUT2D eigenvalue weighted by Gasteiger charge is -2.05. The summed E-state index contributed by atoms with van der Waals surface area (Å²) in [6.07, 6.45) is 3.65. The van der Waals surface area contributed by atoms with Gasteiger partial charge in [0.2, 0.25) is 0 Å². The minimum Gasteiger partial charge on any atom is -0.235 e. The predicted octanol–water partition coefficient (Wildman–Crippen LogP) is 3.84. The van der Waals surface area contributed by atoms with Crippen LogP contribution in [0.4, 0.5) is 0 Å². The number of rotatable bonds is 2. The van der Waals surface area contributed by atoms with Crippen molar-refractivity contribution in [2.75, 3.05) is 0 Å². The van der Waals surface area contributed by atoms with Crippen molar-refractivity contribution in [2.45, 2.75) is 20.8 Å². The molecule has 1 aromatic heterocycles. The van der Waals surface area contributed by atoms with E-state index in [2.05, 4.69) is 43.0 Å². The minimum atomic E-state index is 0.960. The zero-order chi connectivity index (χ0) is 14.1. The number of hydrogen-bond donors (Lipinski definition) is 0. The molecule has 0 bridgehead atoms. The Morgan fingerprint density at radius 1 is 1.00 bits per heavy atom. The number of fused-ring (bicyclic) bond motifs is 1. The van der Waals surface area contributed by atoms with Gasteiger partial charge in [0.05, 0.1) is 17.2 Å². The molecule has 0 N–H and O–H groups in total. The van der Waals surface area contributed by atoms with E-state index in [0.29, 0.717) is 0 Å². The Bertz CT molecular complexity index is 797. The summed E-state index contributed by atoms with van der Waals surface area (Å²) in [6.45, 7) is 6.37. The van der Waals surface area contributed by atoms with E-state index in [1.807, 2.05) is 35.2 Å². The Hall–Kier alpha value is -2.42. The van der Waals surface area contributed by atoms with Gasteiger partial charge in [0.25, 0.3) is 0 Å². The van der Waals surface area contributed by atoms with Gasteiger partial charge in [-0.05, 0) is 61.2 Å². The Balaban J connectivity index is 2.00. The number of aryl methyl sites for hydroxylation is 3. The highest BCUT2D eigenvalue weighted by atomic mass is 15.4. The second kappa shape index (κ2) is 4.93. The number of hydrogen-bond acceptors (Lipinski definition) is 2. The molecule has 3 aromatic rings. The van der Waals surface area contributed by atoms with Gasteiger partial charge in [-0.15, -0.1) is 0 Å². The molecule has 0 unspecified atom stereocenters. The second-order valence-corrected chi connectivity index (χ2v) is 5.12. The van der Waals surface area contributed by atoms with Gasteiger partial charge in [-0.25, -0.2) is 9.66 Å². The van der Waals surface area contributed by atoms with Crippen molar-refractivity contribution < 1.29 is 0 Å². The highest BCUT2D eigenvalue weighted by molar-refractivity contribution is 5.83. The third kappa shape index (κ3) is 2.23. The molecule has 0 aliphatic heterocycles. The predicted molar refractivity (Wildman–Crippen MR) is 83.4 cm³/mol. The minimum absolute atomic E-state index is 0.960. The van der Waals surface area contributed by atoms with E-state index in [1.54, 1.807) is 6.33 Å². The summed E-state index contributed by atoms with van der Waals surface area (Å²) in [5.74, 6) is 0. The first-order valence-electron chi connectivity index (χ1n) is 6.69. The zero-order valence-corrected chi connectivity index (χ0v) is 12.0. The lowest BCUT2D eigenvalue weighted by atomic mass is 10.0. The molecule has 2 aromatic carbocycles.